The second-order valence-corrected chi connectivity index (χ2v) is 8.45. The van der Waals surface area contributed by atoms with Crippen LogP contribution in [-0.2, 0) is 22.7 Å². The largest absolute Gasteiger partial charge is 0.298 e. The number of hydrogen-bond donors (Lipinski definition) is 1. The highest BCUT2D eigenvalue weighted by atomic mass is 32.2. The Hall–Kier alpha value is -1.73. The van der Waals surface area contributed by atoms with Gasteiger partial charge in [-0.15, -0.1) is 11.3 Å². The van der Waals surface area contributed by atoms with Crippen LogP contribution in [0, 0.1) is 0 Å². The Morgan fingerprint density at radius 1 is 1.18 bits per heavy atom. The fourth-order valence-corrected chi connectivity index (χ4v) is 4.10. The van der Waals surface area contributed by atoms with Crippen molar-refractivity contribution >= 4 is 32.2 Å². The molecule has 0 bridgehead atoms. The molecular formula is C15H16N2O3S2. The summed E-state index contributed by atoms with van der Waals surface area (Å²) in [6, 6.07) is 5.91. The summed E-state index contributed by atoms with van der Waals surface area (Å²) in [6.45, 7) is 0. The van der Waals surface area contributed by atoms with Crippen molar-refractivity contribution in [2.75, 3.05) is 11.6 Å². The average Bonchev–Trinajstić information content (AvgIpc) is 2.88. The van der Waals surface area contributed by atoms with E-state index in [9.17, 15) is 13.2 Å². The number of amides is 1. The molecule has 0 aliphatic heterocycles. The summed E-state index contributed by atoms with van der Waals surface area (Å²) < 4.78 is 22.8. The zero-order valence-electron chi connectivity index (χ0n) is 12.1. The minimum Gasteiger partial charge on any atom is -0.298 e. The van der Waals surface area contributed by atoms with Crippen molar-refractivity contribution in [3.05, 3.63) is 40.4 Å². The van der Waals surface area contributed by atoms with Crippen molar-refractivity contribution in [1.82, 2.24) is 4.98 Å². The second-order valence-electron chi connectivity index (χ2n) is 5.35. The zero-order valence-corrected chi connectivity index (χ0v) is 13.8. The second kappa shape index (κ2) is 5.81. The van der Waals surface area contributed by atoms with Crippen LogP contribution in [0.1, 0.15) is 33.8 Å². The molecule has 0 saturated heterocycles. The van der Waals surface area contributed by atoms with E-state index >= 15 is 0 Å². The predicted molar refractivity (Wildman–Crippen MR) is 86.3 cm³/mol. The van der Waals surface area contributed by atoms with E-state index in [2.05, 4.69) is 10.3 Å². The SMILES string of the molecule is CS(=O)(=O)c1ccc(C(=O)Nc2nc3c(s2)CCCC3)cc1. The number of hydrogen-bond acceptors (Lipinski definition) is 5. The molecule has 1 heterocycles. The van der Waals surface area contributed by atoms with Gasteiger partial charge in [0, 0.05) is 16.7 Å². The summed E-state index contributed by atoms with van der Waals surface area (Å²) in [6.07, 6.45) is 5.48. The van der Waals surface area contributed by atoms with Gasteiger partial charge in [0.15, 0.2) is 15.0 Å². The first-order valence-corrected chi connectivity index (χ1v) is 9.74. The van der Waals surface area contributed by atoms with E-state index in [0.717, 1.165) is 31.2 Å². The number of fused-ring (bicyclic) bond motifs is 1. The third-order valence-corrected chi connectivity index (χ3v) is 5.81. The number of sulfone groups is 1. The number of carbonyl (C=O) groups is 1. The van der Waals surface area contributed by atoms with Gasteiger partial charge in [0.25, 0.3) is 5.91 Å². The number of nitrogens with one attached hydrogen (secondary N) is 1. The molecular weight excluding hydrogens is 320 g/mol. The highest BCUT2D eigenvalue weighted by Gasteiger charge is 2.17. The Balaban J connectivity index is 1.75. The van der Waals surface area contributed by atoms with Gasteiger partial charge in [-0.2, -0.15) is 0 Å². The third-order valence-electron chi connectivity index (χ3n) is 3.61. The van der Waals surface area contributed by atoms with Crippen molar-refractivity contribution in [2.24, 2.45) is 0 Å². The molecule has 0 spiro atoms. The van der Waals surface area contributed by atoms with Gasteiger partial charge >= 0.3 is 0 Å². The Morgan fingerprint density at radius 3 is 2.50 bits per heavy atom. The minimum atomic E-state index is -3.25. The first-order chi connectivity index (χ1) is 10.4. The van der Waals surface area contributed by atoms with Gasteiger partial charge in [-0.25, -0.2) is 13.4 Å². The van der Waals surface area contributed by atoms with E-state index in [1.54, 1.807) is 0 Å². The summed E-state index contributed by atoms with van der Waals surface area (Å²) >= 11 is 1.53. The lowest BCUT2D eigenvalue weighted by molar-refractivity contribution is 0.102. The van der Waals surface area contributed by atoms with E-state index in [0.29, 0.717) is 10.7 Å². The van der Waals surface area contributed by atoms with Gasteiger partial charge in [0.2, 0.25) is 0 Å². The van der Waals surface area contributed by atoms with Gasteiger partial charge in [-0.05, 0) is 49.9 Å². The van der Waals surface area contributed by atoms with Crippen LogP contribution in [0.25, 0.3) is 0 Å². The number of aromatic nitrogens is 1. The summed E-state index contributed by atoms with van der Waals surface area (Å²) in [5.41, 5.74) is 1.51. The van der Waals surface area contributed by atoms with Gasteiger partial charge in [0.05, 0.1) is 10.6 Å². The van der Waals surface area contributed by atoms with Crippen molar-refractivity contribution in [1.29, 1.82) is 0 Å². The molecule has 2 aromatic rings. The molecule has 7 heteroatoms. The molecule has 5 nitrogen and oxygen atoms in total. The van der Waals surface area contributed by atoms with Crippen LogP contribution in [-0.4, -0.2) is 25.6 Å². The lowest BCUT2D eigenvalue weighted by Gasteiger charge is -2.06. The van der Waals surface area contributed by atoms with Gasteiger partial charge in [-0.3, -0.25) is 10.1 Å². The molecule has 0 fully saturated rings. The monoisotopic (exact) mass is 336 g/mol. The van der Waals surface area contributed by atoms with E-state index < -0.39 is 9.84 Å². The predicted octanol–water partition coefficient (Wildman–Crippen LogP) is 2.68. The maximum atomic E-state index is 12.2. The lowest BCUT2D eigenvalue weighted by Crippen LogP contribution is -2.12. The Kier molecular flexibility index (Phi) is 4.01. The van der Waals surface area contributed by atoms with E-state index in [1.165, 1.54) is 46.9 Å². The molecule has 0 radical (unpaired) electrons. The summed E-state index contributed by atoms with van der Waals surface area (Å²) in [5.74, 6) is -0.272. The van der Waals surface area contributed by atoms with Crippen molar-refractivity contribution in [3.63, 3.8) is 0 Å². The third kappa shape index (κ3) is 3.20. The maximum Gasteiger partial charge on any atom is 0.257 e. The van der Waals surface area contributed by atoms with Crippen molar-refractivity contribution < 1.29 is 13.2 Å². The van der Waals surface area contributed by atoms with Crippen LogP contribution in [0.4, 0.5) is 5.13 Å². The summed E-state index contributed by atoms with van der Waals surface area (Å²) in [4.78, 5) is 18.1. The molecule has 1 aromatic carbocycles. The van der Waals surface area contributed by atoms with Crippen molar-refractivity contribution in [2.45, 2.75) is 30.6 Å². The zero-order chi connectivity index (χ0) is 15.7. The number of anilines is 1. The molecule has 1 aromatic heterocycles. The molecule has 116 valence electrons. The summed E-state index contributed by atoms with van der Waals surface area (Å²) in [5, 5.41) is 3.41. The molecule has 0 saturated carbocycles. The van der Waals surface area contributed by atoms with Crippen LogP contribution < -0.4 is 5.32 Å². The smallest absolute Gasteiger partial charge is 0.257 e. The lowest BCUT2D eigenvalue weighted by atomic mass is 10.0. The number of benzene rings is 1. The molecule has 0 atom stereocenters. The molecule has 1 amide bonds. The molecule has 1 N–H and O–H groups in total. The normalized spacial score (nSPS) is 14.4. The quantitative estimate of drug-likeness (QED) is 0.935. The van der Waals surface area contributed by atoms with Gasteiger partial charge in [0.1, 0.15) is 0 Å². The van der Waals surface area contributed by atoms with Crippen LogP contribution >= 0.6 is 11.3 Å². The van der Waals surface area contributed by atoms with Crippen LogP contribution in [0.5, 0.6) is 0 Å². The number of carbonyl (C=O) groups excluding carboxylic acids is 1. The number of nitrogens with zero attached hydrogens (tertiary/aromatic N) is 1. The number of rotatable bonds is 3. The Bertz CT molecular complexity index is 784. The first kappa shape index (κ1) is 15.2. The number of aryl methyl sites for hydroxylation is 2. The average molecular weight is 336 g/mol. The highest BCUT2D eigenvalue weighted by molar-refractivity contribution is 7.90. The Morgan fingerprint density at radius 2 is 1.86 bits per heavy atom. The first-order valence-electron chi connectivity index (χ1n) is 7.03. The molecule has 22 heavy (non-hydrogen) atoms. The molecule has 1 aliphatic rings. The fourth-order valence-electron chi connectivity index (χ4n) is 2.43. The summed E-state index contributed by atoms with van der Waals surface area (Å²) in [7, 11) is -3.25. The van der Waals surface area contributed by atoms with E-state index in [1.807, 2.05) is 0 Å². The van der Waals surface area contributed by atoms with E-state index in [-0.39, 0.29) is 10.8 Å². The standard InChI is InChI=1S/C15H16N2O3S2/c1-22(19,20)11-8-6-10(7-9-11)14(18)17-15-16-12-4-2-3-5-13(12)21-15/h6-9H,2-5H2,1H3,(H,16,17,18). The maximum absolute atomic E-state index is 12.2. The fraction of sp³-hybridized carbons (Fsp3) is 0.333. The number of thiazole rings is 1. The topological polar surface area (TPSA) is 76.1 Å². The van der Waals surface area contributed by atoms with E-state index in [4.69, 9.17) is 0 Å². The van der Waals surface area contributed by atoms with Gasteiger partial charge in [-0.1, -0.05) is 0 Å². The van der Waals surface area contributed by atoms with Crippen molar-refractivity contribution in [3.8, 4) is 0 Å². The Labute approximate surface area is 133 Å². The molecule has 3 rings (SSSR count). The minimum absolute atomic E-state index is 0.203. The highest BCUT2D eigenvalue weighted by Crippen LogP contribution is 2.29. The molecule has 1 aliphatic carbocycles. The van der Waals surface area contributed by atoms with Crippen LogP contribution in [0.2, 0.25) is 0 Å². The molecule has 0 unspecified atom stereocenters. The van der Waals surface area contributed by atoms with Crippen LogP contribution in [0.3, 0.4) is 0 Å². The van der Waals surface area contributed by atoms with Gasteiger partial charge < -0.3 is 0 Å². The van der Waals surface area contributed by atoms with Crippen LogP contribution in [0.15, 0.2) is 29.2 Å².